The summed E-state index contributed by atoms with van der Waals surface area (Å²) in [4.78, 5) is 11.9. The molecule has 1 atom stereocenters. The maximum atomic E-state index is 11.9. The lowest BCUT2D eigenvalue weighted by atomic mass is 10.0. The van der Waals surface area contributed by atoms with E-state index in [-0.39, 0.29) is 12.5 Å². The van der Waals surface area contributed by atoms with Gasteiger partial charge in [-0.15, -0.1) is 0 Å². The average molecular weight is 267 g/mol. The van der Waals surface area contributed by atoms with Gasteiger partial charge in [0.25, 0.3) is 5.91 Å². The second-order valence-electron chi connectivity index (χ2n) is 5.81. The number of hydrogen-bond donors (Lipinski definition) is 3. The molecule has 0 aliphatic heterocycles. The summed E-state index contributed by atoms with van der Waals surface area (Å²) >= 11 is 0. The third kappa shape index (κ3) is 5.42. The highest BCUT2D eigenvalue weighted by Crippen LogP contribution is 2.11. The van der Waals surface area contributed by atoms with E-state index in [9.17, 15) is 9.90 Å². The Bertz CT molecular complexity index is 411. The van der Waals surface area contributed by atoms with Gasteiger partial charge in [0.05, 0.1) is 5.60 Å². The standard InChI is InChI=1S/C14H25N3O2/c1-5-6-14(4,19)9-15-13(18)12-8-11(16-17-12)7-10(2)3/h8,10,19H,5-7,9H2,1-4H3,(H,15,18)(H,16,17)/t14-/m1/s1. The van der Waals surface area contributed by atoms with Crippen LogP contribution in [0.2, 0.25) is 0 Å². The van der Waals surface area contributed by atoms with Gasteiger partial charge in [0.1, 0.15) is 5.69 Å². The van der Waals surface area contributed by atoms with Gasteiger partial charge in [-0.2, -0.15) is 5.10 Å². The van der Waals surface area contributed by atoms with Crippen molar-refractivity contribution >= 4 is 5.91 Å². The molecule has 0 bridgehead atoms. The summed E-state index contributed by atoms with van der Waals surface area (Å²) in [5.41, 5.74) is 0.477. The van der Waals surface area contributed by atoms with Crippen LogP contribution in [0.25, 0.3) is 0 Å². The van der Waals surface area contributed by atoms with E-state index in [2.05, 4.69) is 29.4 Å². The molecule has 0 saturated heterocycles. The number of H-pyrrole nitrogens is 1. The predicted molar refractivity (Wildman–Crippen MR) is 75.0 cm³/mol. The number of nitrogens with zero attached hydrogens (tertiary/aromatic N) is 1. The van der Waals surface area contributed by atoms with Crippen molar-refractivity contribution in [1.29, 1.82) is 0 Å². The Kier molecular flexibility index (Phi) is 5.54. The number of amides is 1. The van der Waals surface area contributed by atoms with Crippen LogP contribution in [0.4, 0.5) is 0 Å². The SMILES string of the molecule is CCC[C@@](C)(O)CNC(=O)c1cc(CC(C)C)[nH]n1. The van der Waals surface area contributed by atoms with Gasteiger partial charge in [-0.25, -0.2) is 0 Å². The third-order valence-electron chi connectivity index (χ3n) is 2.91. The van der Waals surface area contributed by atoms with Crippen LogP contribution in [0.15, 0.2) is 6.07 Å². The molecule has 0 fully saturated rings. The van der Waals surface area contributed by atoms with Gasteiger partial charge in [0, 0.05) is 12.2 Å². The highest BCUT2D eigenvalue weighted by Gasteiger charge is 2.21. The highest BCUT2D eigenvalue weighted by molar-refractivity contribution is 5.92. The number of aromatic nitrogens is 2. The van der Waals surface area contributed by atoms with E-state index >= 15 is 0 Å². The van der Waals surface area contributed by atoms with E-state index in [0.717, 1.165) is 18.5 Å². The molecule has 0 aliphatic rings. The van der Waals surface area contributed by atoms with Crippen LogP contribution in [0, 0.1) is 5.92 Å². The van der Waals surface area contributed by atoms with Crippen LogP contribution in [-0.4, -0.2) is 33.4 Å². The zero-order chi connectivity index (χ0) is 14.5. The van der Waals surface area contributed by atoms with Gasteiger partial charge in [-0.05, 0) is 31.7 Å². The van der Waals surface area contributed by atoms with Crippen molar-refractivity contribution in [3.05, 3.63) is 17.5 Å². The van der Waals surface area contributed by atoms with Crippen LogP contribution in [0.3, 0.4) is 0 Å². The second kappa shape index (κ2) is 6.70. The maximum Gasteiger partial charge on any atom is 0.271 e. The molecule has 0 radical (unpaired) electrons. The smallest absolute Gasteiger partial charge is 0.271 e. The molecule has 5 nitrogen and oxygen atoms in total. The maximum absolute atomic E-state index is 11.9. The third-order valence-corrected chi connectivity index (χ3v) is 2.91. The first-order chi connectivity index (χ1) is 8.84. The van der Waals surface area contributed by atoms with Crippen LogP contribution >= 0.6 is 0 Å². The summed E-state index contributed by atoms with van der Waals surface area (Å²) in [5, 5.41) is 19.6. The second-order valence-corrected chi connectivity index (χ2v) is 5.81. The van der Waals surface area contributed by atoms with Crippen LogP contribution < -0.4 is 5.32 Å². The van der Waals surface area contributed by atoms with E-state index in [4.69, 9.17) is 0 Å². The fourth-order valence-electron chi connectivity index (χ4n) is 2.01. The lowest BCUT2D eigenvalue weighted by Crippen LogP contribution is -2.40. The molecule has 3 N–H and O–H groups in total. The summed E-state index contributed by atoms with van der Waals surface area (Å²) < 4.78 is 0. The first-order valence-electron chi connectivity index (χ1n) is 6.89. The van der Waals surface area contributed by atoms with Crippen molar-refractivity contribution in [2.75, 3.05) is 6.54 Å². The zero-order valence-electron chi connectivity index (χ0n) is 12.3. The van der Waals surface area contributed by atoms with Crippen LogP contribution in [0.1, 0.15) is 56.7 Å². The summed E-state index contributed by atoms with van der Waals surface area (Å²) in [6, 6.07) is 1.77. The number of carbonyl (C=O) groups excluding carboxylic acids is 1. The van der Waals surface area contributed by atoms with E-state index < -0.39 is 5.60 Å². The topological polar surface area (TPSA) is 78.0 Å². The Morgan fingerprint density at radius 3 is 2.84 bits per heavy atom. The van der Waals surface area contributed by atoms with Crippen molar-refractivity contribution in [2.45, 2.75) is 52.6 Å². The molecule has 108 valence electrons. The van der Waals surface area contributed by atoms with Gasteiger partial charge < -0.3 is 10.4 Å². The molecule has 1 aromatic rings. The lowest BCUT2D eigenvalue weighted by Gasteiger charge is -2.22. The Morgan fingerprint density at radius 2 is 2.26 bits per heavy atom. The molecule has 5 heteroatoms. The number of aliphatic hydroxyl groups is 1. The molecule has 0 spiro atoms. The monoisotopic (exact) mass is 267 g/mol. The van der Waals surface area contributed by atoms with E-state index in [1.165, 1.54) is 0 Å². The molecule has 19 heavy (non-hydrogen) atoms. The molecule has 1 heterocycles. The van der Waals surface area contributed by atoms with Crippen LogP contribution in [-0.2, 0) is 6.42 Å². The number of nitrogens with one attached hydrogen (secondary N) is 2. The number of carbonyl (C=O) groups is 1. The summed E-state index contributed by atoms with van der Waals surface area (Å²) in [6.45, 7) is 8.20. The molecular formula is C14H25N3O2. The van der Waals surface area contributed by atoms with Crippen molar-refractivity contribution in [3.8, 4) is 0 Å². The van der Waals surface area contributed by atoms with Crippen molar-refractivity contribution in [2.24, 2.45) is 5.92 Å². The molecule has 0 aliphatic carbocycles. The van der Waals surface area contributed by atoms with Gasteiger partial charge in [-0.1, -0.05) is 27.2 Å². The van der Waals surface area contributed by atoms with Crippen molar-refractivity contribution in [1.82, 2.24) is 15.5 Å². The van der Waals surface area contributed by atoms with Crippen molar-refractivity contribution in [3.63, 3.8) is 0 Å². The summed E-state index contributed by atoms with van der Waals surface area (Å²) in [6.07, 6.45) is 2.41. The molecule has 0 aromatic carbocycles. The number of rotatable bonds is 7. The predicted octanol–water partition coefficient (Wildman–Crippen LogP) is 1.89. The fourth-order valence-corrected chi connectivity index (χ4v) is 2.01. The molecular weight excluding hydrogens is 242 g/mol. The highest BCUT2D eigenvalue weighted by atomic mass is 16.3. The molecule has 0 unspecified atom stereocenters. The van der Waals surface area contributed by atoms with Crippen molar-refractivity contribution < 1.29 is 9.90 Å². The van der Waals surface area contributed by atoms with Gasteiger partial charge >= 0.3 is 0 Å². The Morgan fingerprint density at radius 1 is 1.58 bits per heavy atom. The van der Waals surface area contributed by atoms with Crippen LogP contribution in [0.5, 0.6) is 0 Å². The minimum absolute atomic E-state index is 0.242. The molecule has 1 amide bonds. The largest absolute Gasteiger partial charge is 0.388 e. The lowest BCUT2D eigenvalue weighted by molar-refractivity contribution is 0.0468. The Labute approximate surface area is 114 Å². The van der Waals surface area contributed by atoms with E-state index in [1.807, 2.05) is 6.92 Å². The summed E-state index contributed by atoms with van der Waals surface area (Å²) in [5.74, 6) is 0.268. The molecule has 1 rings (SSSR count). The van der Waals surface area contributed by atoms with Gasteiger partial charge in [0.2, 0.25) is 0 Å². The minimum atomic E-state index is -0.860. The van der Waals surface area contributed by atoms with Gasteiger partial charge in [0.15, 0.2) is 0 Å². The van der Waals surface area contributed by atoms with E-state index in [0.29, 0.717) is 18.0 Å². The molecule has 0 saturated carbocycles. The quantitative estimate of drug-likeness (QED) is 0.706. The molecule has 1 aromatic heterocycles. The fraction of sp³-hybridized carbons (Fsp3) is 0.714. The summed E-state index contributed by atoms with van der Waals surface area (Å²) in [7, 11) is 0. The normalized spacial score (nSPS) is 14.4. The Hall–Kier alpha value is -1.36. The first kappa shape index (κ1) is 15.7. The number of aromatic amines is 1. The van der Waals surface area contributed by atoms with Gasteiger partial charge in [-0.3, -0.25) is 9.89 Å². The first-order valence-corrected chi connectivity index (χ1v) is 6.89. The number of hydrogen-bond acceptors (Lipinski definition) is 3. The minimum Gasteiger partial charge on any atom is -0.388 e. The average Bonchev–Trinajstić information content (AvgIpc) is 2.73. The van der Waals surface area contributed by atoms with E-state index in [1.54, 1.807) is 13.0 Å². The Balaban J connectivity index is 2.52. The zero-order valence-corrected chi connectivity index (χ0v) is 12.3.